The third-order valence-corrected chi connectivity index (χ3v) is 4.65. The summed E-state index contributed by atoms with van der Waals surface area (Å²) in [7, 11) is 0.730. The molecule has 15 heteroatoms. The van der Waals surface area contributed by atoms with Crippen LogP contribution in [-0.4, -0.2) is 80.9 Å². The van der Waals surface area contributed by atoms with Gasteiger partial charge in [0.2, 0.25) is 0 Å². The summed E-state index contributed by atoms with van der Waals surface area (Å²) in [6.45, 7) is 2.76. The number of alkyl halides is 3. The topological polar surface area (TPSA) is 138 Å². The summed E-state index contributed by atoms with van der Waals surface area (Å²) in [5.41, 5.74) is -5.53. The van der Waals surface area contributed by atoms with E-state index in [1.54, 1.807) is 0 Å². The Morgan fingerprint density at radius 1 is 0.970 bits per heavy atom. The van der Waals surface area contributed by atoms with Gasteiger partial charge in [0, 0.05) is 0 Å². The lowest BCUT2D eigenvalue weighted by Gasteiger charge is -2.25. The molecule has 0 aliphatic carbocycles. The predicted octanol–water partition coefficient (Wildman–Crippen LogP) is 2.75. The maximum absolute atomic E-state index is 12.1. The van der Waals surface area contributed by atoms with Crippen molar-refractivity contribution in [2.75, 3.05) is 41.5 Å². The maximum atomic E-state index is 12.1. The van der Waals surface area contributed by atoms with E-state index in [0.717, 1.165) is 12.8 Å². The summed E-state index contributed by atoms with van der Waals surface area (Å²) in [6, 6.07) is 0.294. The molecule has 1 heterocycles. The molecule has 11 nitrogen and oxygen atoms in total. The first-order valence-electron chi connectivity index (χ1n) is 10.0. The Morgan fingerprint density at radius 3 is 1.85 bits per heavy atom. The molecule has 0 saturated carbocycles. The third kappa shape index (κ3) is 12.5. The minimum absolute atomic E-state index is 0.116. The molecule has 33 heavy (non-hydrogen) atoms. The fourth-order valence-electron chi connectivity index (χ4n) is 2.29. The van der Waals surface area contributed by atoms with Crippen LogP contribution in [0.3, 0.4) is 0 Å². The van der Waals surface area contributed by atoms with Gasteiger partial charge in [-0.2, -0.15) is 21.6 Å². The van der Waals surface area contributed by atoms with Gasteiger partial charge in [-0.05, 0) is 6.42 Å². The molecule has 0 bridgehead atoms. The normalized spacial score (nSPS) is 11.9. The number of hydrogen-bond acceptors (Lipinski definition) is 9. The molecule has 1 aromatic heterocycles. The molecule has 0 aliphatic heterocycles. The van der Waals surface area contributed by atoms with Crippen molar-refractivity contribution in [1.29, 1.82) is 0 Å². The van der Waals surface area contributed by atoms with Gasteiger partial charge >= 0.3 is 39.6 Å². The molecule has 192 valence electrons. The van der Waals surface area contributed by atoms with Gasteiger partial charge in [0.05, 0.1) is 34.9 Å². The van der Waals surface area contributed by atoms with Crippen molar-refractivity contribution in [3.63, 3.8) is 0 Å². The van der Waals surface area contributed by atoms with Crippen LogP contribution in [0.2, 0.25) is 0 Å². The average Bonchev–Trinajstić information content (AvgIpc) is 2.71. The summed E-state index contributed by atoms with van der Waals surface area (Å²) >= 11 is 0. The number of likely N-dealkylation sites (N-methyl/N-ethyl adjacent to an activating group) is 1. The van der Waals surface area contributed by atoms with Gasteiger partial charge in [0.25, 0.3) is 0 Å². The van der Waals surface area contributed by atoms with E-state index in [4.69, 9.17) is 27.2 Å². The minimum atomic E-state index is -5.84. The average molecular weight is 506 g/mol. The highest BCUT2D eigenvalue weighted by atomic mass is 32.2. The predicted molar refractivity (Wildman–Crippen MR) is 113 cm³/mol. The first-order chi connectivity index (χ1) is 15.2. The highest BCUT2D eigenvalue weighted by molar-refractivity contribution is 7.86. The molecule has 0 aliphatic rings. The number of aromatic nitrogens is 3. The summed E-state index contributed by atoms with van der Waals surface area (Å²) in [4.78, 5) is 24.5. The molecular weight excluding hydrogens is 473 g/mol. The summed E-state index contributed by atoms with van der Waals surface area (Å²) in [5.74, 6) is 0.0946. The molecule has 0 radical (unpaired) electrons. The largest absolute Gasteiger partial charge is 0.522 e. The lowest BCUT2D eigenvalue weighted by Crippen LogP contribution is -2.46. The van der Waals surface area contributed by atoms with E-state index in [0.29, 0.717) is 12.6 Å². The number of carbonyl (C=O) groups excluding carboxylic acids is 1. The van der Waals surface area contributed by atoms with Gasteiger partial charge in [-0.3, -0.25) is 9.04 Å². The van der Waals surface area contributed by atoms with Gasteiger partial charge in [-0.1, -0.05) is 39.0 Å². The Bertz CT molecular complexity index is 815. The number of methoxy groups -OCH3 is 2. The first-order valence-corrected chi connectivity index (χ1v) is 11.5. The Hall–Kier alpha value is -2.26. The molecule has 1 N–H and O–H groups in total. The Labute approximate surface area is 191 Å². The number of nitrogens with zero attached hydrogens (tertiary/aromatic N) is 4. The number of quaternary nitrogens is 1. The lowest BCUT2D eigenvalue weighted by molar-refractivity contribution is -0.144. The summed E-state index contributed by atoms with van der Waals surface area (Å²) in [6.07, 6.45) is 6.93. The van der Waals surface area contributed by atoms with Crippen molar-refractivity contribution >= 4 is 22.0 Å². The summed E-state index contributed by atoms with van der Waals surface area (Å²) < 4.78 is 73.1. The number of esters is 1. The van der Waals surface area contributed by atoms with Crippen LogP contribution in [0.4, 0.5) is 19.1 Å². The van der Waals surface area contributed by atoms with Crippen molar-refractivity contribution in [3.05, 3.63) is 0 Å². The molecule has 0 atom stereocenters. The zero-order valence-corrected chi connectivity index (χ0v) is 20.2. The monoisotopic (exact) mass is 505 g/mol. The zero-order chi connectivity index (χ0) is 25.7. The zero-order valence-electron chi connectivity index (χ0n) is 19.4. The third-order valence-electron chi connectivity index (χ3n) is 4.07. The smallest absolute Gasteiger partial charge is 0.466 e. The van der Waals surface area contributed by atoms with Crippen molar-refractivity contribution in [1.82, 2.24) is 19.4 Å². The molecule has 1 aromatic rings. The molecule has 1 rings (SSSR count). The van der Waals surface area contributed by atoms with Crippen molar-refractivity contribution in [2.24, 2.45) is 0 Å². The molecule has 0 aromatic carbocycles. The van der Waals surface area contributed by atoms with Gasteiger partial charge in [-0.15, -0.1) is 15.0 Å². The highest BCUT2D eigenvalue weighted by Gasteiger charge is 2.44. The van der Waals surface area contributed by atoms with E-state index in [2.05, 4.69) is 21.9 Å². The molecule has 0 unspecified atom stereocenters. The number of unbranched alkanes of at least 4 members (excludes halogenated alkanes) is 5. The van der Waals surface area contributed by atoms with Gasteiger partial charge < -0.3 is 14.2 Å². The quantitative estimate of drug-likeness (QED) is 0.148. The van der Waals surface area contributed by atoms with Gasteiger partial charge in [-0.25, -0.2) is 4.79 Å². The van der Waals surface area contributed by atoms with Crippen LogP contribution >= 0.6 is 0 Å². The van der Waals surface area contributed by atoms with Crippen molar-refractivity contribution < 1.29 is 45.1 Å². The van der Waals surface area contributed by atoms with Crippen LogP contribution in [0.15, 0.2) is 0 Å². The van der Waals surface area contributed by atoms with Crippen LogP contribution in [0.25, 0.3) is 0 Å². The lowest BCUT2D eigenvalue weighted by atomic mass is 10.1. The number of hydrogen-bond donors (Lipinski definition) is 1. The number of rotatable bonds is 12. The highest BCUT2D eigenvalue weighted by Crippen LogP contribution is 2.21. The van der Waals surface area contributed by atoms with E-state index in [1.165, 1.54) is 39.9 Å². The maximum Gasteiger partial charge on any atom is 0.522 e. The molecular formula is C18H32F3N4O7S+. The van der Waals surface area contributed by atoms with Crippen LogP contribution in [0.1, 0.15) is 45.4 Å². The Kier molecular flexibility index (Phi) is 13.1. The second kappa shape index (κ2) is 14.1. The van der Waals surface area contributed by atoms with E-state index in [-0.39, 0.29) is 29.0 Å². The van der Waals surface area contributed by atoms with E-state index < -0.39 is 15.6 Å². The fraction of sp³-hybridized carbons (Fsp3) is 0.778. The Morgan fingerprint density at radius 2 is 1.42 bits per heavy atom. The number of halogens is 3. The standard InChI is InChI=1S/C17H31N4O4.CHF3O3S/c1-6-7-8-9-10-11-12-25-14(22)13-21(2,3)15-18-16(23-4)20-17(19-15)24-5;2-1(3,4)8(5,6)7/h6-13H2,1-5H3;(H,5,6,7)/q+1;. The second-order valence-electron chi connectivity index (χ2n) is 7.36. The number of ether oxygens (including phenoxy) is 3. The van der Waals surface area contributed by atoms with Crippen LogP contribution in [0, 0.1) is 0 Å². The SMILES string of the molecule is CCCCCCCCOC(=O)C[N+](C)(C)c1nc(OC)nc(OC)n1.O=S(=O)(O)C(F)(F)F. The van der Waals surface area contributed by atoms with Gasteiger partial charge in [0.1, 0.15) is 0 Å². The first kappa shape index (κ1) is 30.7. The van der Waals surface area contributed by atoms with E-state index in [9.17, 15) is 18.0 Å². The number of carbonyl (C=O) groups is 1. The van der Waals surface area contributed by atoms with E-state index >= 15 is 0 Å². The fourth-order valence-corrected chi connectivity index (χ4v) is 2.29. The van der Waals surface area contributed by atoms with Crippen molar-refractivity contribution in [3.8, 4) is 12.0 Å². The molecule has 0 fully saturated rings. The van der Waals surface area contributed by atoms with Crippen molar-refractivity contribution in [2.45, 2.75) is 51.0 Å². The molecule has 0 spiro atoms. The summed E-state index contributed by atoms with van der Waals surface area (Å²) in [5, 5.41) is 0. The molecule has 0 amide bonds. The second-order valence-corrected chi connectivity index (χ2v) is 8.77. The van der Waals surface area contributed by atoms with Gasteiger partial charge in [0.15, 0.2) is 6.54 Å². The van der Waals surface area contributed by atoms with E-state index in [1.807, 2.05) is 14.1 Å². The van der Waals surface area contributed by atoms with Crippen LogP contribution in [-0.2, 0) is 19.6 Å². The van der Waals surface area contributed by atoms with Crippen LogP contribution < -0.4 is 14.0 Å². The Balaban J connectivity index is 0.00000109. The molecule has 0 saturated heterocycles. The van der Waals surface area contributed by atoms with Crippen LogP contribution in [0.5, 0.6) is 12.0 Å². The minimum Gasteiger partial charge on any atom is -0.466 e.